The van der Waals surface area contributed by atoms with Gasteiger partial charge in [-0.15, -0.1) is 12.4 Å². The van der Waals surface area contributed by atoms with Gasteiger partial charge in [0.15, 0.2) is 0 Å². The number of benzene rings is 1. The second-order valence-electron chi connectivity index (χ2n) is 2.74. The van der Waals surface area contributed by atoms with Crippen LogP contribution in [0.3, 0.4) is 0 Å². The minimum absolute atomic E-state index is 0. The van der Waals surface area contributed by atoms with E-state index in [2.05, 4.69) is 5.32 Å². The molecule has 14 heavy (non-hydrogen) atoms. The van der Waals surface area contributed by atoms with E-state index in [1.807, 2.05) is 13.0 Å². The Kier molecular flexibility index (Phi) is 5.53. The summed E-state index contributed by atoms with van der Waals surface area (Å²) in [7, 11) is 0. The van der Waals surface area contributed by atoms with E-state index in [9.17, 15) is 4.79 Å². The predicted molar refractivity (Wildman–Crippen MR) is 61.1 cm³/mol. The lowest BCUT2D eigenvalue weighted by Crippen LogP contribution is -2.21. The average molecular weight is 235 g/mol. The number of amides is 1. The van der Waals surface area contributed by atoms with E-state index in [0.29, 0.717) is 10.7 Å². The van der Waals surface area contributed by atoms with Crippen LogP contribution in [0.15, 0.2) is 18.2 Å². The van der Waals surface area contributed by atoms with Crippen molar-refractivity contribution in [3.63, 3.8) is 0 Å². The summed E-state index contributed by atoms with van der Waals surface area (Å²) < 4.78 is 0. The molecule has 0 fully saturated rings. The standard InChI is InChI=1S/C9H11ClN2O.ClH/c1-6-2-3-8(7(10)4-6)12-9(13)5-11;/h2-4H,5,11H2,1H3,(H,12,13);1H. The molecule has 5 heteroatoms. The van der Waals surface area contributed by atoms with Crippen LogP contribution in [-0.4, -0.2) is 12.5 Å². The summed E-state index contributed by atoms with van der Waals surface area (Å²) in [6.07, 6.45) is 0. The fourth-order valence-corrected chi connectivity index (χ4v) is 1.21. The number of nitrogens with two attached hydrogens (primary N) is 1. The molecule has 0 saturated carbocycles. The molecule has 1 amide bonds. The van der Waals surface area contributed by atoms with Crippen molar-refractivity contribution in [1.29, 1.82) is 0 Å². The number of rotatable bonds is 2. The Morgan fingerprint density at radius 1 is 1.57 bits per heavy atom. The fourth-order valence-electron chi connectivity index (χ4n) is 0.923. The van der Waals surface area contributed by atoms with Crippen LogP contribution in [0.25, 0.3) is 0 Å². The third-order valence-corrected chi connectivity index (χ3v) is 1.90. The van der Waals surface area contributed by atoms with Crippen molar-refractivity contribution in [1.82, 2.24) is 0 Å². The monoisotopic (exact) mass is 234 g/mol. The van der Waals surface area contributed by atoms with Gasteiger partial charge in [-0.1, -0.05) is 17.7 Å². The van der Waals surface area contributed by atoms with Gasteiger partial charge in [0.05, 0.1) is 17.3 Å². The molecule has 0 aliphatic rings. The molecule has 0 unspecified atom stereocenters. The maximum Gasteiger partial charge on any atom is 0.238 e. The van der Waals surface area contributed by atoms with Gasteiger partial charge in [0, 0.05) is 0 Å². The third kappa shape index (κ3) is 3.54. The van der Waals surface area contributed by atoms with Gasteiger partial charge in [0.1, 0.15) is 0 Å². The number of halogens is 2. The van der Waals surface area contributed by atoms with Crippen LogP contribution in [0.2, 0.25) is 5.02 Å². The number of aryl methyl sites for hydroxylation is 1. The average Bonchev–Trinajstić information content (AvgIpc) is 2.09. The molecule has 0 bridgehead atoms. The summed E-state index contributed by atoms with van der Waals surface area (Å²) >= 11 is 5.88. The molecule has 1 aromatic rings. The van der Waals surface area contributed by atoms with E-state index in [-0.39, 0.29) is 24.9 Å². The van der Waals surface area contributed by atoms with Crippen molar-refractivity contribution in [2.75, 3.05) is 11.9 Å². The molecular weight excluding hydrogens is 223 g/mol. The number of anilines is 1. The first-order valence-corrected chi connectivity index (χ1v) is 4.27. The van der Waals surface area contributed by atoms with Crippen molar-refractivity contribution < 1.29 is 4.79 Å². The van der Waals surface area contributed by atoms with E-state index < -0.39 is 0 Å². The van der Waals surface area contributed by atoms with E-state index >= 15 is 0 Å². The molecule has 3 nitrogen and oxygen atoms in total. The molecular formula is C9H12Cl2N2O. The molecule has 1 rings (SSSR count). The zero-order valence-electron chi connectivity index (χ0n) is 7.71. The summed E-state index contributed by atoms with van der Waals surface area (Å²) in [5, 5.41) is 3.12. The highest BCUT2D eigenvalue weighted by molar-refractivity contribution is 6.33. The number of nitrogens with one attached hydrogen (secondary N) is 1. The Morgan fingerprint density at radius 3 is 2.71 bits per heavy atom. The number of hydrogen-bond donors (Lipinski definition) is 2. The second kappa shape index (κ2) is 5.86. The molecule has 0 aliphatic heterocycles. The Balaban J connectivity index is 0.00000169. The highest BCUT2D eigenvalue weighted by atomic mass is 35.5. The van der Waals surface area contributed by atoms with E-state index in [0.717, 1.165) is 5.56 Å². The Morgan fingerprint density at radius 2 is 2.21 bits per heavy atom. The maximum absolute atomic E-state index is 10.9. The minimum atomic E-state index is -0.245. The second-order valence-corrected chi connectivity index (χ2v) is 3.14. The molecule has 0 spiro atoms. The Labute approximate surface area is 94.0 Å². The topological polar surface area (TPSA) is 55.1 Å². The summed E-state index contributed by atoms with van der Waals surface area (Å²) in [6, 6.07) is 5.41. The van der Waals surface area contributed by atoms with Crippen LogP contribution >= 0.6 is 24.0 Å². The van der Waals surface area contributed by atoms with Gasteiger partial charge in [-0.25, -0.2) is 0 Å². The van der Waals surface area contributed by atoms with Crippen molar-refractivity contribution in [2.24, 2.45) is 5.73 Å². The van der Waals surface area contributed by atoms with E-state index in [4.69, 9.17) is 17.3 Å². The van der Waals surface area contributed by atoms with Crippen LogP contribution in [0.1, 0.15) is 5.56 Å². The minimum Gasteiger partial charge on any atom is -0.324 e. The molecule has 1 aromatic carbocycles. The lowest BCUT2D eigenvalue weighted by atomic mass is 10.2. The van der Waals surface area contributed by atoms with Gasteiger partial charge < -0.3 is 11.1 Å². The zero-order chi connectivity index (χ0) is 9.84. The first-order valence-electron chi connectivity index (χ1n) is 3.89. The molecule has 0 saturated heterocycles. The van der Waals surface area contributed by atoms with Gasteiger partial charge in [0.25, 0.3) is 0 Å². The third-order valence-electron chi connectivity index (χ3n) is 1.58. The number of carbonyl (C=O) groups excluding carboxylic acids is 1. The lowest BCUT2D eigenvalue weighted by molar-refractivity contribution is -0.114. The first-order chi connectivity index (χ1) is 6.13. The summed E-state index contributed by atoms with van der Waals surface area (Å²) in [4.78, 5) is 10.9. The quantitative estimate of drug-likeness (QED) is 0.823. The van der Waals surface area contributed by atoms with Gasteiger partial charge in [-0.2, -0.15) is 0 Å². The molecule has 0 heterocycles. The zero-order valence-corrected chi connectivity index (χ0v) is 9.28. The van der Waals surface area contributed by atoms with E-state index in [1.165, 1.54) is 0 Å². The summed E-state index contributed by atoms with van der Waals surface area (Å²) in [5.41, 5.74) is 6.80. The Hall–Kier alpha value is -0.770. The predicted octanol–water partition coefficient (Wildman–Crippen LogP) is 1.97. The van der Waals surface area contributed by atoms with E-state index in [1.54, 1.807) is 12.1 Å². The lowest BCUT2D eigenvalue weighted by Gasteiger charge is -2.05. The van der Waals surface area contributed by atoms with Crippen LogP contribution in [-0.2, 0) is 4.79 Å². The molecule has 78 valence electrons. The van der Waals surface area contributed by atoms with Crippen molar-refractivity contribution in [2.45, 2.75) is 6.92 Å². The van der Waals surface area contributed by atoms with Crippen molar-refractivity contribution >= 4 is 35.6 Å². The van der Waals surface area contributed by atoms with Gasteiger partial charge in [-0.05, 0) is 24.6 Å². The van der Waals surface area contributed by atoms with Crippen molar-refractivity contribution in [3.05, 3.63) is 28.8 Å². The number of hydrogen-bond acceptors (Lipinski definition) is 2. The van der Waals surface area contributed by atoms with Crippen LogP contribution in [0.5, 0.6) is 0 Å². The molecule has 3 N–H and O–H groups in total. The summed E-state index contributed by atoms with van der Waals surface area (Å²) in [5.74, 6) is -0.245. The number of carbonyl (C=O) groups is 1. The smallest absolute Gasteiger partial charge is 0.238 e. The van der Waals surface area contributed by atoms with Gasteiger partial charge in [-0.3, -0.25) is 4.79 Å². The first kappa shape index (κ1) is 13.2. The molecule has 0 radical (unpaired) electrons. The highest BCUT2D eigenvalue weighted by Gasteiger charge is 2.03. The SMILES string of the molecule is Cc1ccc(NC(=O)CN)c(Cl)c1.Cl. The molecule has 0 aliphatic carbocycles. The normalized spacial score (nSPS) is 9.07. The van der Waals surface area contributed by atoms with Gasteiger partial charge in [0.2, 0.25) is 5.91 Å². The van der Waals surface area contributed by atoms with Gasteiger partial charge >= 0.3 is 0 Å². The largest absolute Gasteiger partial charge is 0.324 e. The fraction of sp³-hybridized carbons (Fsp3) is 0.222. The van der Waals surface area contributed by atoms with Crippen LogP contribution < -0.4 is 11.1 Å². The highest BCUT2D eigenvalue weighted by Crippen LogP contribution is 2.22. The van der Waals surface area contributed by atoms with Crippen molar-refractivity contribution in [3.8, 4) is 0 Å². The van der Waals surface area contributed by atoms with Crippen LogP contribution in [0.4, 0.5) is 5.69 Å². The molecule has 0 aromatic heterocycles. The maximum atomic E-state index is 10.9. The summed E-state index contributed by atoms with van der Waals surface area (Å²) in [6.45, 7) is 1.89. The Bertz CT molecular complexity index is 329. The molecule has 0 atom stereocenters. The van der Waals surface area contributed by atoms with Crippen LogP contribution in [0, 0.1) is 6.92 Å².